The number of rotatable bonds is 5. The first-order chi connectivity index (χ1) is 7.36. The standard InChI is InChI=1S/C13H16O2/c14-13(12-7-4-8-12)10-15-9-11-5-2-1-3-6-11/h1-3,5-6,12H,4,7-10H2. The van der Waals surface area contributed by atoms with Crippen LogP contribution in [0, 0.1) is 5.92 Å². The molecule has 1 aromatic rings. The van der Waals surface area contributed by atoms with Gasteiger partial charge in [0.1, 0.15) is 6.61 Å². The van der Waals surface area contributed by atoms with Crippen LogP contribution in [0.3, 0.4) is 0 Å². The van der Waals surface area contributed by atoms with E-state index in [1.54, 1.807) is 0 Å². The first-order valence-corrected chi connectivity index (χ1v) is 5.50. The van der Waals surface area contributed by atoms with Crippen LogP contribution in [-0.2, 0) is 16.1 Å². The molecule has 0 spiro atoms. The Morgan fingerprint density at radius 2 is 2.00 bits per heavy atom. The maximum atomic E-state index is 11.5. The molecule has 0 aliphatic heterocycles. The van der Waals surface area contributed by atoms with Gasteiger partial charge in [-0.3, -0.25) is 4.79 Å². The molecular formula is C13H16O2. The minimum atomic E-state index is 0.275. The Labute approximate surface area is 90.3 Å². The zero-order valence-corrected chi connectivity index (χ0v) is 8.82. The zero-order valence-electron chi connectivity index (χ0n) is 8.82. The van der Waals surface area contributed by atoms with Gasteiger partial charge < -0.3 is 4.74 Å². The van der Waals surface area contributed by atoms with Gasteiger partial charge in [0, 0.05) is 5.92 Å². The van der Waals surface area contributed by atoms with Crippen molar-refractivity contribution in [3.63, 3.8) is 0 Å². The van der Waals surface area contributed by atoms with Crippen molar-refractivity contribution in [1.82, 2.24) is 0 Å². The van der Waals surface area contributed by atoms with E-state index in [0.29, 0.717) is 12.5 Å². The Balaban J connectivity index is 1.68. The van der Waals surface area contributed by atoms with Gasteiger partial charge in [-0.05, 0) is 18.4 Å². The van der Waals surface area contributed by atoms with Crippen molar-refractivity contribution >= 4 is 5.78 Å². The SMILES string of the molecule is O=C(COCc1ccccc1)C1CCC1. The molecule has 15 heavy (non-hydrogen) atoms. The lowest BCUT2D eigenvalue weighted by Gasteiger charge is -2.23. The molecule has 0 radical (unpaired) electrons. The molecule has 0 amide bonds. The summed E-state index contributed by atoms with van der Waals surface area (Å²) in [6, 6.07) is 9.95. The van der Waals surface area contributed by atoms with E-state index in [4.69, 9.17) is 4.74 Å². The second kappa shape index (κ2) is 5.08. The van der Waals surface area contributed by atoms with Crippen LogP contribution < -0.4 is 0 Å². The van der Waals surface area contributed by atoms with Crippen molar-refractivity contribution in [2.45, 2.75) is 25.9 Å². The van der Waals surface area contributed by atoms with Gasteiger partial charge in [0.25, 0.3) is 0 Å². The number of ketones is 1. The highest BCUT2D eigenvalue weighted by Crippen LogP contribution is 2.27. The number of carbonyl (C=O) groups is 1. The van der Waals surface area contributed by atoms with Crippen molar-refractivity contribution < 1.29 is 9.53 Å². The number of benzene rings is 1. The van der Waals surface area contributed by atoms with Crippen LogP contribution in [-0.4, -0.2) is 12.4 Å². The van der Waals surface area contributed by atoms with Gasteiger partial charge in [-0.15, -0.1) is 0 Å². The molecule has 0 N–H and O–H groups in total. The fourth-order valence-electron chi connectivity index (χ4n) is 1.69. The predicted octanol–water partition coefficient (Wildman–Crippen LogP) is 2.57. The molecule has 0 heterocycles. The minimum absolute atomic E-state index is 0.275. The number of hydrogen-bond donors (Lipinski definition) is 0. The van der Waals surface area contributed by atoms with Crippen LogP contribution >= 0.6 is 0 Å². The first kappa shape index (κ1) is 10.4. The smallest absolute Gasteiger partial charge is 0.161 e. The summed E-state index contributed by atoms with van der Waals surface area (Å²) in [6.45, 7) is 0.818. The summed E-state index contributed by atoms with van der Waals surface area (Å²) in [5.74, 6) is 0.568. The van der Waals surface area contributed by atoms with Crippen LogP contribution in [0.5, 0.6) is 0 Å². The lowest BCUT2D eigenvalue weighted by Crippen LogP contribution is -2.25. The molecule has 2 rings (SSSR count). The molecule has 0 aromatic heterocycles. The van der Waals surface area contributed by atoms with Crippen molar-refractivity contribution in [1.29, 1.82) is 0 Å². The Morgan fingerprint density at radius 3 is 2.60 bits per heavy atom. The molecule has 2 nitrogen and oxygen atoms in total. The Hall–Kier alpha value is -1.15. The molecule has 2 heteroatoms. The largest absolute Gasteiger partial charge is 0.369 e. The molecule has 0 saturated heterocycles. The molecule has 1 saturated carbocycles. The molecule has 0 unspecified atom stereocenters. The van der Waals surface area contributed by atoms with Crippen molar-refractivity contribution in [3.8, 4) is 0 Å². The lowest BCUT2D eigenvalue weighted by atomic mass is 9.82. The summed E-state index contributed by atoms with van der Waals surface area (Å²) in [5, 5.41) is 0. The van der Waals surface area contributed by atoms with Crippen molar-refractivity contribution in [2.24, 2.45) is 5.92 Å². The minimum Gasteiger partial charge on any atom is -0.369 e. The van der Waals surface area contributed by atoms with E-state index in [2.05, 4.69) is 0 Å². The van der Waals surface area contributed by atoms with Crippen LogP contribution in [0.2, 0.25) is 0 Å². The second-order valence-corrected chi connectivity index (χ2v) is 4.07. The van der Waals surface area contributed by atoms with Gasteiger partial charge in [-0.2, -0.15) is 0 Å². The molecule has 1 aliphatic rings. The Kier molecular flexibility index (Phi) is 3.51. The van der Waals surface area contributed by atoms with Gasteiger partial charge in [-0.1, -0.05) is 36.8 Å². The van der Waals surface area contributed by atoms with Gasteiger partial charge in [-0.25, -0.2) is 0 Å². The van der Waals surface area contributed by atoms with Crippen LogP contribution in [0.25, 0.3) is 0 Å². The monoisotopic (exact) mass is 204 g/mol. The topological polar surface area (TPSA) is 26.3 Å². The van der Waals surface area contributed by atoms with Crippen molar-refractivity contribution in [3.05, 3.63) is 35.9 Å². The van der Waals surface area contributed by atoms with E-state index in [1.165, 1.54) is 6.42 Å². The van der Waals surface area contributed by atoms with Gasteiger partial charge in [0.2, 0.25) is 0 Å². The molecule has 80 valence electrons. The van der Waals surface area contributed by atoms with Crippen LogP contribution in [0.4, 0.5) is 0 Å². The average molecular weight is 204 g/mol. The highest BCUT2D eigenvalue weighted by Gasteiger charge is 2.24. The normalized spacial score (nSPS) is 16.0. The molecular weight excluding hydrogens is 188 g/mol. The van der Waals surface area contributed by atoms with Crippen LogP contribution in [0.15, 0.2) is 30.3 Å². The van der Waals surface area contributed by atoms with Crippen LogP contribution in [0.1, 0.15) is 24.8 Å². The lowest BCUT2D eigenvalue weighted by molar-refractivity contribution is -0.130. The van der Waals surface area contributed by atoms with E-state index in [1.807, 2.05) is 30.3 Å². The molecule has 1 aromatic carbocycles. The predicted molar refractivity (Wildman–Crippen MR) is 58.4 cm³/mol. The maximum absolute atomic E-state index is 11.5. The maximum Gasteiger partial charge on any atom is 0.161 e. The summed E-state index contributed by atoms with van der Waals surface area (Å²) in [6.07, 6.45) is 3.33. The summed E-state index contributed by atoms with van der Waals surface area (Å²) in [7, 11) is 0. The Bertz CT molecular complexity index is 315. The third-order valence-electron chi connectivity index (χ3n) is 2.92. The molecule has 1 fully saturated rings. The molecule has 0 atom stereocenters. The number of Topliss-reactive ketones (excluding diaryl/α,β-unsaturated/α-hetero) is 1. The average Bonchev–Trinajstić information content (AvgIpc) is 2.16. The summed E-state index contributed by atoms with van der Waals surface area (Å²) in [5.41, 5.74) is 1.12. The number of carbonyl (C=O) groups excluding carboxylic acids is 1. The fourth-order valence-corrected chi connectivity index (χ4v) is 1.69. The number of hydrogen-bond acceptors (Lipinski definition) is 2. The quantitative estimate of drug-likeness (QED) is 0.736. The zero-order chi connectivity index (χ0) is 10.5. The second-order valence-electron chi connectivity index (χ2n) is 4.07. The first-order valence-electron chi connectivity index (χ1n) is 5.50. The van der Waals surface area contributed by atoms with Crippen molar-refractivity contribution in [2.75, 3.05) is 6.61 Å². The Morgan fingerprint density at radius 1 is 1.27 bits per heavy atom. The summed E-state index contributed by atoms with van der Waals surface area (Å²) >= 11 is 0. The van der Waals surface area contributed by atoms with E-state index in [9.17, 15) is 4.79 Å². The van der Waals surface area contributed by atoms with E-state index in [0.717, 1.165) is 18.4 Å². The highest BCUT2D eigenvalue weighted by molar-refractivity contribution is 5.82. The highest BCUT2D eigenvalue weighted by atomic mass is 16.5. The number of ether oxygens (including phenoxy) is 1. The third kappa shape index (κ3) is 2.90. The van der Waals surface area contributed by atoms with E-state index >= 15 is 0 Å². The fraction of sp³-hybridized carbons (Fsp3) is 0.462. The molecule has 1 aliphatic carbocycles. The molecule has 0 bridgehead atoms. The van der Waals surface area contributed by atoms with Gasteiger partial charge in [0.15, 0.2) is 5.78 Å². The van der Waals surface area contributed by atoms with E-state index < -0.39 is 0 Å². The summed E-state index contributed by atoms with van der Waals surface area (Å²) in [4.78, 5) is 11.5. The van der Waals surface area contributed by atoms with E-state index in [-0.39, 0.29) is 12.4 Å². The summed E-state index contributed by atoms with van der Waals surface area (Å²) < 4.78 is 5.39. The van der Waals surface area contributed by atoms with Gasteiger partial charge in [0.05, 0.1) is 6.61 Å². The van der Waals surface area contributed by atoms with Gasteiger partial charge >= 0.3 is 0 Å². The third-order valence-corrected chi connectivity index (χ3v) is 2.92.